The third-order valence-corrected chi connectivity index (χ3v) is 19.2. The molecule has 104 heavy (non-hydrogen) atoms. The minimum atomic E-state index is -5.01. The molecule has 0 amide bonds. The van der Waals surface area contributed by atoms with Crippen molar-refractivity contribution in [3.63, 3.8) is 0 Å². The van der Waals surface area contributed by atoms with Crippen molar-refractivity contribution in [2.75, 3.05) is 39.6 Å². The summed E-state index contributed by atoms with van der Waals surface area (Å²) in [6, 6.07) is 0. The van der Waals surface area contributed by atoms with Crippen LogP contribution in [0.5, 0.6) is 0 Å². The topological polar surface area (TPSA) is 237 Å². The number of esters is 4. The number of phosphoric ester groups is 2. The second-order valence-corrected chi connectivity index (χ2v) is 30.3. The maximum Gasteiger partial charge on any atom is 0.472 e. The lowest BCUT2D eigenvalue weighted by Crippen LogP contribution is -2.30. The average molecular weight is 1500 g/mol. The first kappa shape index (κ1) is 99.7. The molecule has 0 saturated heterocycles. The van der Waals surface area contributed by atoms with Gasteiger partial charge in [-0.15, -0.1) is 0 Å². The molecule has 0 bridgehead atoms. The van der Waals surface area contributed by atoms with Crippen molar-refractivity contribution < 1.29 is 80.2 Å². The Balaban J connectivity index is 5.42. The molecule has 0 radical (unpaired) electrons. The highest BCUT2D eigenvalue weighted by Gasteiger charge is 2.30. The maximum atomic E-state index is 13.1. The molecular formula is C85H148O17P2. The van der Waals surface area contributed by atoms with E-state index in [1.54, 1.807) is 12.2 Å². The standard InChI is InChI=1S/C85H148O17P2/c1-5-9-13-17-21-25-29-33-37-38-39-40-44-46-50-54-58-62-66-70-83(88)96-76-81(102-85(90)72-68-64-60-56-52-48-43-36-32-28-24-20-16-12-8-4)78-100-104(93,94)98-74-79(86)73-97-103(91,92)99-77-80(101-84(89)71-67-63-59-55-51-47-42-35-31-27-23-19-15-11-7-3)75-95-82(87)69-65-61-57-53-49-45-41-34-30-26-22-18-14-10-6-2/h12,16,21,24-25,28,33-34,36-37,39-41,43,52,56,64,68,79-81,86H,5-11,13-15,17-20,22-23,26-27,29-32,35,38,42,44-51,53-55,57-63,65-67,69-78H2,1-4H3,(H,91,92)(H,93,94)/b16-12-,25-21-,28-24-,37-33-,40-39-,41-34-,43-36-,56-52-,68-64-. The summed E-state index contributed by atoms with van der Waals surface area (Å²) in [5.41, 5.74) is 0. The molecule has 0 rings (SSSR count). The van der Waals surface area contributed by atoms with Crippen molar-refractivity contribution in [2.24, 2.45) is 0 Å². The molecule has 0 aliphatic rings. The van der Waals surface area contributed by atoms with Crippen LogP contribution in [-0.4, -0.2) is 96.7 Å². The van der Waals surface area contributed by atoms with Gasteiger partial charge in [0.05, 0.1) is 32.8 Å². The van der Waals surface area contributed by atoms with Crippen LogP contribution in [0.3, 0.4) is 0 Å². The van der Waals surface area contributed by atoms with E-state index in [2.05, 4.69) is 113 Å². The summed E-state index contributed by atoms with van der Waals surface area (Å²) >= 11 is 0. The maximum absolute atomic E-state index is 13.1. The fraction of sp³-hybridized carbons (Fsp3) is 0.741. The fourth-order valence-corrected chi connectivity index (χ4v) is 12.6. The van der Waals surface area contributed by atoms with Gasteiger partial charge in [0.25, 0.3) is 0 Å². The predicted octanol–water partition coefficient (Wildman–Crippen LogP) is 24.1. The lowest BCUT2D eigenvalue weighted by atomic mass is 10.0. The van der Waals surface area contributed by atoms with Crippen LogP contribution in [-0.2, 0) is 65.4 Å². The van der Waals surface area contributed by atoms with Crippen LogP contribution < -0.4 is 0 Å². The van der Waals surface area contributed by atoms with Crippen molar-refractivity contribution in [1.82, 2.24) is 0 Å². The van der Waals surface area contributed by atoms with Crippen LogP contribution in [0.25, 0.3) is 0 Å². The molecule has 19 heteroatoms. The molecule has 17 nitrogen and oxygen atoms in total. The third kappa shape index (κ3) is 75.9. The number of allylic oxidation sites excluding steroid dienone is 17. The van der Waals surface area contributed by atoms with Gasteiger partial charge >= 0.3 is 39.5 Å². The molecule has 600 valence electrons. The van der Waals surface area contributed by atoms with Gasteiger partial charge in [-0.1, -0.05) is 317 Å². The van der Waals surface area contributed by atoms with Gasteiger partial charge in [0.15, 0.2) is 12.2 Å². The Morgan fingerprint density at radius 3 is 0.885 bits per heavy atom. The van der Waals surface area contributed by atoms with Gasteiger partial charge in [-0.2, -0.15) is 0 Å². The Hall–Kier alpha value is -4.28. The minimum absolute atomic E-state index is 0.0944. The molecule has 0 aliphatic carbocycles. The SMILES string of the molecule is CC/C=C\C/C=C\C/C=C\C/C=C\C/C=C\CC(=O)OC(COC(=O)CCCCCCCC/C=C\C/C=C\C/C=C\CCCCC)COP(=O)(O)OCC(O)COP(=O)(O)OCC(COC(=O)CCCCCCC/C=C\CCCCCCCC)OC(=O)CCCCCCCCCCCCCCCCC. The number of carbonyl (C=O) groups is 4. The number of aliphatic hydroxyl groups is 1. The molecule has 0 aromatic rings. The van der Waals surface area contributed by atoms with Gasteiger partial charge in [-0.25, -0.2) is 9.13 Å². The number of rotatable bonds is 77. The van der Waals surface area contributed by atoms with Crippen LogP contribution in [0.15, 0.2) is 109 Å². The summed E-state index contributed by atoms with van der Waals surface area (Å²) in [5, 5.41) is 10.6. The molecule has 0 heterocycles. The number of carbonyl (C=O) groups excluding carboxylic acids is 4. The number of phosphoric acid groups is 2. The van der Waals surface area contributed by atoms with Crippen molar-refractivity contribution in [3.05, 3.63) is 109 Å². The highest BCUT2D eigenvalue weighted by atomic mass is 31.2. The number of unbranched alkanes of at least 4 members (excludes halogenated alkanes) is 34. The minimum Gasteiger partial charge on any atom is -0.462 e. The normalized spacial score (nSPS) is 14.4. The molecule has 5 unspecified atom stereocenters. The van der Waals surface area contributed by atoms with Crippen molar-refractivity contribution >= 4 is 39.5 Å². The second-order valence-electron chi connectivity index (χ2n) is 27.4. The zero-order valence-corrected chi connectivity index (χ0v) is 67.5. The lowest BCUT2D eigenvalue weighted by molar-refractivity contribution is -0.161. The molecule has 0 aromatic heterocycles. The molecule has 0 fully saturated rings. The van der Waals surface area contributed by atoms with E-state index in [-0.39, 0.29) is 25.7 Å². The largest absolute Gasteiger partial charge is 0.472 e. The molecule has 0 saturated carbocycles. The first-order valence-electron chi connectivity index (χ1n) is 41.1. The quantitative estimate of drug-likeness (QED) is 0.0169. The van der Waals surface area contributed by atoms with E-state index in [9.17, 15) is 43.2 Å². The Labute approximate surface area is 632 Å². The third-order valence-electron chi connectivity index (χ3n) is 17.3. The monoisotopic (exact) mass is 1500 g/mol. The van der Waals surface area contributed by atoms with Gasteiger partial charge in [0.1, 0.15) is 19.3 Å². The van der Waals surface area contributed by atoms with E-state index >= 15 is 0 Å². The number of ether oxygens (including phenoxy) is 4. The zero-order chi connectivity index (χ0) is 76.0. The summed E-state index contributed by atoms with van der Waals surface area (Å²) in [4.78, 5) is 73.0. The summed E-state index contributed by atoms with van der Waals surface area (Å²) in [5.74, 6) is -2.33. The van der Waals surface area contributed by atoms with Crippen LogP contribution in [0.4, 0.5) is 0 Å². The van der Waals surface area contributed by atoms with Gasteiger partial charge in [-0.05, 0) is 116 Å². The van der Waals surface area contributed by atoms with Crippen LogP contribution in [0.2, 0.25) is 0 Å². The summed E-state index contributed by atoms with van der Waals surface area (Å²) < 4.78 is 68.5. The Morgan fingerprint density at radius 2 is 0.538 bits per heavy atom. The summed E-state index contributed by atoms with van der Waals surface area (Å²) in [6.07, 6.45) is 83.8. The van der Waals surface area contributed by atoms with Crippen LogP contribution >= 0.6 is 15.6 Å². The zero-order valence-electron chi connectivity index (χ0n) is 65.7. The van der Waals surface area contributed by atoms with E-state index in [0.29, 0.717) is 25.7 Å². The smallest absolute Gasteiger partial charge is 0.462 e. The van der Waals surface area contributed by atoms with Gasteiger partial charge in [-0.3, -0.25) is 37.3 Å². The number of aliphatic hydroxyl groups excluding tert-OH is 1. The first-order valence-corrected chi connectivity index (χ1v) is 44.1. The molecule has 0 aliphatic heterocycles. The Morgan fingerprint density at radius 1 is 0.288 bits per heavy atom. The van der Waals surface area contributed by atoms with Crippen molar-refractivity contribution in [2.45, 2.75) is 367 Å². The molecule has 3 N–H and O–H groups in total. The first-order chi connectivity index (χ1) is 50.7. The fourth-order valence-electron chi connectivity index (χ4n) is 11.0. The highest BCUT2D eigenvalue weighted by Crippen LogP contribution is 2.45. The van der Waals surface area contributed by atoms with Crippen LogP contribution in [0, 0.1) is 0 Å². The predicted molar refractivity (Wildman–Crippen MR) is 427 cm³/mol. The summed E-state index contributed by atoms with van der Waals surface area (Å²) in [7, 11) is -9.99. The van der Waals surface area contributed by atoms with E-state index in [1.165, 1.54) is 122 Å². The van der Waals surface area contributed by atoms with Gasteiger partial charge < -0.3 is 33.8 Å². The number of hydrogen-bond acceptors (Lipinski definition) is 15. The van der Waals surface area contributed by atoms with E-state index in [4.69, 9.17) is 37.0 Å². The average Bonchev–Trinajstić information content (AvgIpc) is 0.999. The van der Waals surface area contributed by atoms with E-state index in [0.717, 1.165) is 148 Å². The van der Waals surface area contributed by atoms with Crippen molar-refractivity contribution in [3.8, 4) is 0 Å². The van der Waals surface area contributed by atoms with E-state index in [1.807, 2.05) is 12.2 Å². The lowest BCUT2D eigenvalue weighted by Gasteiger charge is -2.21. The van der Waals surface area contributed by atoms with E-state index < -0.39 is 97.5 Å². The van der Waals surface area contributed by atoms with Gasteiger partial charge in [0.2, 0.25) is 0 Å². The van der Waals surface area contributed by atoms with Gasteiger partial charge in [0, 0.05) is 19.3 Å². The second kappa shape index (κ2) is 76.9. The van der Waals surface area contributed by atoms with Crippen LogP contribution in [0.1, 0.15) is 349 Å². The molecule has 5 atom stereocenters. The van der Waals surface area contributed by atoms with Crippen molar-refractivity contribution in [1.29, 1.82) is 0 Å². The molecular weight excluding hydrogens is 1350 g/mol. The molecule has 0 aromatic carbocycles. The highest BCUT2D eigenvalue weighted by molar-refractivity contribution is 7.47. The number of hydrogen-bond donors (Lipinski definition) is 3. The molecule has 0 spiro atoms. The Bertz CT molecular complexity index is 2390. The Kier molecular flexibility index (Phi) is 73.7. The summed E-state index contributed by atoms with van der Waals surface area (Å²) in [6.45, 7) is 4.64.